The Hall–Kier alpha value is -1.72. The van der Waals surface area contributed by atoms with E-state index in [1.807, 2.05) is 5.32 Å². The summed E-state index contributed by atoms with van der Waals surface area (Å²) in [5.41, 5.74) is 4.04. The number of rotatable bonds is 3. The SMILES string of the molecule is Nc1ccc(F)c(C(=O)NCCF)c1F. The molecule has 0 fully saturated rings. The number of halogens is 3. The molecule has 82 valence electrons. The standard InChI is InChI=1S/C9H9F3N2O/c10-3-4-14-9(15)7-5(11)1-2-6(13)8(7)12/h1-2H,3-4,13H2,(H,14,15). The Bertz CT molecular complexity index is 382. The van der Waals surface area contributed by atoms with E-state index in [4.69, 9.17) is 5.73 Å². The molecule has 3 nitrogen and oxygen atoms in total. The van der Waals surface area contributed by atoms with Crippen molar-refractivity contribution in [2.24, 2.45) is 0 Å². The summed E-state index contributed by atoms with van der Waals surface area (Å²) in [6.07, 6.45) is 0. The molecule has 0 heterocycles. The Balaban J connectivity index is 3.02. The van der Waals surface area contributed by atoms with Crippen LogP contribution < -0.4 is 11.1 Å². The van der Waals surface area contributed by atoms with Gasteiger partial charge in [-0.15, -0.1) is 0 Å². The first-order valence-corrected chi connectivity index (χ1v) is 4.15. The monoisotopic (exact) mass is 218 g/mol. The Morgan fingerprint density at radius 1 is 1.40 bits per heavy atom. The van der Waals surface area contributed by atoms with Gasteiger partial charge in [0.25, 0.3) is 5.91 Å². The molecule has 0 saturated carbocycles. The molecular formula is C9H9F3N2O. The van der Waals surface area contributed by atoms with Crippen LogP contribution in [0, 0.1) is 11.6 Å². The maximum atomic E-state index is 13.2. The van der Waals surface area contributed by atoms with E-state index >= 15 is 0 Å². The second-order valence-electron chi connectivity index (χ2n) is 2.77. The smallest absolute Gasteiger partial charge is 0.257 e. The van der Waals surface area contributed by atoms with Crippen molar-refractivity contribution in [3.8, 4) is 0 Å². The molecule has 0 spiro atoms. The molecule has 0 radical (unpaired) electrons. The summed E-state index contributed by atoms with van der Waals surface area (Å²) < 4.78 is 38.0. The fraction of sp³-hybridized carbons (Fsp3) is 0.222. The molecule has 1 rings (SSSR count). The molecule has 1 amide bonds. The Labute approximate surface area is 84.1 Å². The summed E-state index contributed by atoms with van der Waals surface area (Å²) in [5, 5.41) is 2.01. The van der Waals surface area contributed by atoms with Crippen molar-refractivity contribution in [2.45, 2.75) is 0 Å². The maximum Gasteiger partial charge on any atom is 0.257 e. The van der Waals surface area contributed by atoms with Gasteiger partial charge in [-0.05, 0) is 12.1 Å². The molecule has 0 aliphatic rings. The number of nitrogens with one attached hydrogen (secondary N) is 1. The molecule has 15 heavy (non-hydrogen) atoms. The Morgan fingerprint density at radius 2 is 2.07 bits per heavy atom. The fourth-order valence-corrected chi connectivity index (χ4v) is 1.03. The first-order valence-electron chi connectivity index (χ1n) is 4.15. The molecule has 0 aliphatic carbocycles. The van der Waals surface area contributed by atoms with Gasteiger partial charge in [0.2, 0.25) is 0 Å². The van der Waals surface area contributed by atoms with Crippen molar-refractivity contribution in [2.75, 3.05) is 19.0 Å². The summed E-state index contributed by atoms with van der Waals surface area (Å²) >= 11 is 0. The van der Waals surface area contributed by atoms with Crippen molar-refractivity contribution < 1.29 is 18.0 Å². The van der Waals surface area contributed by atoms with Gasteiger partial charge in [-0.25, -0.2) is 13.2 Å². The summed E-state index contributed by atoms with van der Waals surface area (Å²) in [5.74, 6) is -3.18. The van der Waals surface area contributed by atoms with Gasteiger partial charge in [-0.2, -0.15) is 0 Å². The van der Waals surface area contributed by atoms with Crippen molar-refractivity contribution in [1.29, 1.82) is 0 Å². The van der Waals surface area contributed by atoms with E-state index in [2.05, 4.69) is 0 Å². The highest BCUT2D eigenvalue weighted by molar-refractivity contribution is 5.95. The normalized spacial score (nSPS) is 10.1. The molecule has 0 bridgehead atoms. The zero-order valence-electron chi connectivity index (χ0n) is 7.69. The van der Waals surface area contributed by atoms with E-state index in [1.165, 1.54) is 0 Å². The Morgan fingerprint density at radius 3 is 2.67 bits per heavy atom. The van der Waals surface area contributed by atoms with Gasteiger partial charge >= 0.3 is 0 Å². The van der Waals surface area contributed by atoms with E-state index in [0.717, 1.165) is 12.1 Å². The van der Waals surface area contributed by atoms with Gasteiger partial charge < -0.3 is 11.1 Å². The lowest BCUT2D eigenvalue weighted by atomic mass is 10.1. The highest BCUT2D eigenvalue weighted by Crippen LogP contribution is 2.18. The van der Waals surface area contributed by atoms with Crippen LogP contribution in [-0.2, 0) is 0 Å². The van der Waals surface area contributed by atoms with Crippen molar-refractivity contribution in [3.63, 3.8) is 0 Å². The van der Waals surface area contributed by atoms with E-state index in [0.29, 0.717) is 0 Å². The molecule has 0 saturated heterocycles. The summed E-state index contributed by atoms with van der Waals surface area (Å²) in [6, 6.07) is 1.89. The van der Waals surface area contributed by atoms with Crippen molar-refractivity contribution in [3.05, 3.63) is 29.3 Å². The highest BCUT2D eigenvalue weighted by Gasteiger charge is 2.18. The molecule has 6 heteroatoms. The van der Waals surface area contributed by atoms with Gasteiger partial charge in [0.1, 0.15) is 18.1 Å². The minimum absolute atomic E-state index is 0.299. The number of alkyl halides is 1. The van der Waals surface area contributed by atoms with Crippen molar-refractivity contribution >= 4 is 11.6 Å². The third kappa shape index (κ3) is 2.39. The van der Waals surface area contributed by atoms with Crippen LogP contribution >= 0.6 is 0 Å². The average molecular weight is 218 g/mol. The van der Waals surface area contributed by atoms with Crippen LogP contribution in [0.2, 0.25) is 0 Å². The van der Waals surface area contributed by atoms with E-state index < -0.39 is 29.8 Å². The van der Waals surface area contributed by atoms with Gasteiger partial charge in [-0.3, -0.25) is 4.79 Å². The molecule has 0 unspecified atom stereocenters. The largest absolute Gasteiger partial charge is 0.396 e. The first-order chi connectivity index (χ1) is 7.07. The number of carbonyl (C=O) groups excluding carboxylic acids is 1. The van der Waals surface area contributed by atoms with Crippen molar-refractivity contribution in [1.82, 2.24) is 5.32 Å². The average Bonchev–Trinajstić information content (AvgIpc) is 2.21. The second-order valence-corrected chi connectivity index (χ2v) is 2.77. The topological polar surface area (TPSA) is 55.1 Å². The van der Waals surface area contributed by atoms with E-state index in [-0.39, 0.29) is 12.2 Å². The van der Waals surface area contributed by atoms with E-state index in [1.54, 1.807) is 0 Å². The minimum Gasteiger partial charge on any atom is -0.396 e. The zero-order chi connectivity index (χ0) is 11.4. The van der Waals surface area contributed by atoms with Crippen LogP contribution in [0.1, 0.15) is 10.4 Å². The predicted octanol–water partition coefficient (Wildman–Crippen LogP) is 1.25. The van der Waals surface area contributed by atoms with Crippen LogP contribution in [0.3, 0.4) is 0 Å². The number of hydrogen-bond acceptors (Lipinski definition) is 2. The molecular weight excluding hydrogens is 209 g/mol. The molecule has 1 aromatic rings. The fourth-order valence-electron chi connectivity index (χ4n) is 1.03. The number of anilines is 1. The summed E-state index contributed by atoms with van der Waals surface area (Å²) in [4.78, 5) is 11.2. The third-order valence-corrected chi connectivity index (χ3v) is 1.73. The van der Waals surface area contributed by atoms with E-state index in [9.17, 15) is 18.0 Å². The number of amides is 1. The summed E-state index contributed by atoms with van der Waals surface area (Å²) in [7, 11) is 0. The lowest BCUT2D eigenvalue weighted by molar-refractivity contribution is 0.0942. The molecule has 0 aromatic heterocycles. The zero-order valence-corrected chi connectivity index (χ0v) is 7.69. The molecule has 0 aliphatic heterocycles. The quantitative estimate of drug-likeness (QED) is 0.750. The van der Waals surface area contributed by atoms with Crippen LogP contribution in [0.15, 0.2) is 12.1 Å². The lowest BCUT2D eigenvalue weighted by Crippen LogP contribution is -2.27. The molecule has 1 aromatic carbocycles. The minimum atomic E-state index is -1.13. The van der Waals surface area contributed by atoms with Crippen LogP contribution in [-0.4, -0.2) is 19.1 Å². The number of benzene rings is 1. The Kier molecular flexibility index (Phi) is 3.54. The van der Waals surface area contributed by atoms with Crippen LogP contribution in [0.5, 0.6) is 0 Å². The second kappa shape index (κ2) is 4.68. The number of nitrogen functional groups attached to an aromatic ring is 1. The highest BCUT2D eigenvalue weighted by atomic mass is 19.1. The van der Waals surface area contributed by atoms with Gasteiger partial charge in [0.05, 0.1) is 5.69 Å². The van der Waals surface area contributed by atoms with Gasteiger partial charge in [0, 0.05) is 6.54 Å². The molecule has 0 atom stereocenters. The van der Waals surface area contributed by atoms with Gasteiger partial charge in [0.15, 0.2) is 5.82 Å². The number of carbonyl (C=O) groups is 1. The van der Waals surface area contributed by atoms with Crippen LogP contribution in [0.25, 0.3) is 0 Å². The molecule has 3 N–H and O–H groups in total. The summed E-state index contributed by atoms with van der Waals surface area (Å²) in [6.45, 7) is -1.11. The number of nitrogens with two attached hydrogens (primary N) is 1. The number of hydrogen-bond donors (Lipinski definition) is 2. The van der Waals surface area contributed by atoms with Crippen LogP contribution in [0.4, 0.5) is 18.9 Å². The third-order valence-electron chi connectivity index (χ3n) is 1.73. The predicted molar refractivity (Wildman–Crippen MR) is 49.1 cm³/mol. The first kappa shape index (κ1) is 11.4. The maximum absolute atomic E-state index is 13.2. The lowest BCUT2D eigenvalue weighted by Gasteiger charge is -2.06. The van der Waals surface area contributed by atoms with Gasteiger partial charge in [-0.1, -0.05) is 0 Å².